The molecule has 0 aromatic heterocycles. The molecule has 2 aliphatic rings. The first-order valence-electron chi connectivity index (χ1n) is 7.72. The molecule has 3 unspecified atom stereocenters. The predicted octanol–water partition coefficient (Wildman–Crippen LogP) is 2.74. The maximum absolute atomic E-state index is 3.50. The van der Waals surface area contributed by atoms with Gasteiger partial charge in [-0.25, -0.2) is 0 Å². The highest BCUT2D eigenvalue weighted by Gasteiger charge is 2.27. The fourth-order valence-electron chi connectivity index (χ4n) is 3.59. The lowest BCUT2D eigenvalue weighted by Gasteiger charge is -2.32. The minimum absolute atomic E-state index is 0.911. The molecule has 1 aliphatic carbocycles. The van der Waals surface area contributed by atoms with Gasteiger partial charge < -0.3 is 10.2 Å². The van der Waals surface area contributed by atoms with Crippen molar-refractivity contribution >= 4 is 0 Å². The van der Waals surface area contributed by atoms with E-state index in [9.17, 15) is 0 Å². The van der Waals surface area contributed by atoms with Gasteiger partial charge >= 0.3 is 0 Å². The van der Waals surface area contributed by atoms with E-state index in [1.165, 1.54) is 58.3 Å². The summed E-state index contributed by atoms with van der Waals surface area (Å²) in [5.41, 5.74) is 0. The second-order valence-electron chi connectivity index (χ2n) is 6.24. The molecule has 0 aromatic rings. The van der Waals surface area contributed by atoms with Crippen molar-refractivity contribution in [2.24, 2.45) is 17.8 Å². The van der Waals surface area contributed by atoms with Crippen molar-refractivity contribution in [1.29, 1.82) is 0 Å². The van der Waals surface area contributed by atoms with Crippen molar-refractivity contribution in [3.63, 3.8) is 0 Å². The summed E-state index contributed by atoms with van der Waals surface area (Å²) in [6, 6.07) is 0. The molecule has 100 valence electrons. The fraction of sp³-hybridized carbons (Fsp3) is 1.00. The Morgan fingerprint density at radius 2 is 2.00 bits per heavy atom. The van der Waals surface area contributed by atoms with Crippen LogP contribution in [0.25, 0.3) is 0 Å². The van der Waals surface area contributed by atoms with Crippen LogP contribution in [0.4, 0.5) is 0 Å². The van der Waals surface area contributed by atoms with Gasteiger partial charge in [0.05, 0.1) is 0 Å². The van der Waals surface area contributed by atoms with Gasteiger partial charge in [0.25, 0.3) is 0 Å². The van der Waals surface area contributed by atoms with Crippen LogP contribution in [0.5, 0.6) is 0 Å². The number of hydrogen-bond acceptors (Lipinski definition) is 2. The molecule has 1 N–H and O–H groups in total. The molecule has 0 aromatic carbocycles. The summed E-state index contributed by atoms with van der Waals surface area (Å²) in [5, 5.41) is 3.50. The molecule has 1 heterocycles. The third-order valence-electron chi connectivity index (χ3n) is 4.83. The zero-order chi connectivity index (χ0) is 12.1. The standard InChI is InChI=1S/C15H30N2/c1-3-16-10-14-8-9-17(11-14)12-15-7-5-4-6-13(15)2/h13-16H,3-12H2,1-2H3. The number of nitrogens with zero attached hydrogens (tertiary/aromatic N) is 1. The van der Waals surface area contributed by atoms with E-state index in [1.54, 1.807) is 0 Å². The fourth-order valence-corrected chi connectivity index (χ4v) is 3.59. The highest BCUT2D eigenvalue weighted by molar-refractivity contribution is 4.81. The van der Waals surface area contributed by atoms with E-state index in [4.69, 9.17) is 0 Å². The molecule has 0 radical (unpaired) electrons. The molecule has 1 saturated carbocycles. The average molecular weight is 238 g/mol. The Hall–Kier alpha value is -0.0800. The molecule has 2 rings (SSSR count). The second kappa shape index (κ2) is 6.75. The van der Waals surface area contributed by atoms with Gasteiger partial charge in [0.2, 0.25) is 0 Å². The van der Waals surface area contributed by atoms with Gasteiger partial charge in [-0.15, -0.1) is 0 Å². The lowest BCUT2D eigenvalue weighted by Crippen LogP contribution is -2.33. The lowest BCUT2D eigenvalue weighted by molar-refractivity contribution is 0.177. The van der Waals surface area contributed by atoms with E-state index in [2.05, 4.69) is 24.1 Å². The Kier molecular flexibility index (Phi) is 5.30. The van der Waals surface area contributed by atoms with Gasteiger partial charge in [0.15, 0.2) is 0 Å². The van der Waals surface area contributed by atoms with Crippen molar-refractivity contribution < 1.29 is 0 Å². The van der Waals surface area contributed by atoms with Gasteiger partial charge in [-0.3, -0.25) is 0 Å². The molecular formula is C15H30N2. The van der Waals surface area contributed by atoms with Crippen LogP contribution in [0, 0.1) is 17.8 Å². The van der Waals surface area contributed by atoms with Gasteiger partial charge in [-0.1, -0.05) is 33.1 Å². The first-order valence-corrected chi connectivity index (χ1v) is 7.72. The van der Waals surface area contributed by atoms with Gasteiger partial charge in [-0.2, -0.15) is 0 Å². The van der Waals surface area contributed by atoms with Crippen LogP contribution < -0.4 is 5.32 Å². The van der Waals surface area contributed by atoms with Crippen LogP contribution in [0.15, 0.2) is 0 Å². The van der Waals surface area contributed by atoms with Gasteiger partial charge in [0, 0.05) is 13.1 Å². The SMILES string of the molecule is CCNCC1CCN(CC2CCCCC2C)C1. The molecule has 3 atom stereocenters. The first-order chi connectivity index (χ1) is 8.29. The summed E-state index contributed by atoms with van der Waals surface area (Å²) in [6.45, 7) is 11.1. The third kappa shape index (κ3) is 3.96. The molecule has 2 heteroatoms. The average Bonchev–Trinajstić information content (AvgIpc) is 2.77. The number of hydrogen-bond donors (Lipinski definition) is 1. The largest absolute Gasteiger partial charge is 0.317 e. The lowest BCUT2D eigenvalue weighted by atomic mass is 9.80. The Balaban J connectivity index is 1.69. The summed E-state index contributed by atoms with van der Waals surface area (Å²) in [5.74, 6) is 2.87. The second-order valence-corrected chi connectivity index (χ2v) is 6.24. The van der Waals surface area contributed by atoms with Gasteiger partial charge in [-0.05, 0) is 50.2 Å². The maximum atomic E-state index is 3.50. The monoisotopic (exact) mass is 238 g/mol. The number of nitrogens with one attached hydrogen (secondary N) is 1. The highest BCUT2D eigenvalue weighted by Crippen LogP contribution is 2.31. The minimum Gasteiger partial charge on any atom is -0.317 e. The van der Waals surface area contributed by atoms with Crippen molar-refractivity contribution in [1.82, 2.24) is 10.2 Å². The summed E-state index contributed by atoms with van der Waals surface area (Å²) in [6.07, 6.45) is 7.31. The quantitative estimate of drug-likeness (QED) is 0.792. The number of likely N-dealkylation sites (tertiary alicyclic amines) is 1. The zero-order valence-electron chi connectivity index (χ0n) is 11.8. The van der Waals surface area contributed by atoms with Crippen molar-refractivity contribution in [3.8, 4) is 0 Å². The van der Waals surface area contributed by atoms with Crippen LogP contribution in [-0.2, 0) is 0 Å². The van der Waals surface area contributed by atoms with Crippen LogP contribution >= 0.6 is 0 Å². The van der Waals surface area contributed by atoms with Crippen LogP contribution in [-0.4, -0.2) is 37.6 Å². The summed E-state index contributed by atoms with van der Waals surface area (Å²) in [7, 11) is 0. The van der Waals surface area contributed by atoms with Crippen LogP contribution in [0.3, 0.4) is 0 Å². The Bertz CT molecular complexity index is 217. The van der Waals surface area contributed by atoms with Crippen molar-refractivity contribution in [3.05, 3.63) is 0 Å². The molecule has 1 saturated heterocycles. The minimum atomic E-state index is 0.911. The maximum Gasteiger partial charge on any atom is 0.00224 e. The molecule has 1 aliphatic heterocycles. The molecule has 0 bridgehead atoms. The Labute approximate surface area is 107 Å². The predicted molar refractivity (Wildman–Crippen MR) is 74.2 cm³/mol. The first kappa shape index (κ1) is 13.4. The highest BCUT2D eigenvalue weighted by atomic mass is 15.2. The van der Waals surface area contributed by atoms with E-state index >= 15 is 0 Å². The molecule has 0 spiro atoms. The molecule has 0 amide bonds. The summed E-state index contributed by atoms with van der Waals surface area (Å²) in [4.78, 5) is 2.73. The van der Waals surface area contributed by atoms with E-state index in [0.717, 1.165) is 24.3 Å². The number of rotatable bonds is 5. The van der Waals surface area contributed by atoms with Crippen molar-refractivity contribution in [2.75, 3.05) is 32.7 Å². The molecule has 2 nitrogen and oxygen atoms in total. The van der Waals surface area contributed by atoms with Crippen molar-refractivity contribution in [2.45, 2.75) is 46.0 Å². The van der Waals surface area contributed by atoms with E-state index in [0.29, 0.717) is 0 Å². The topological polar surface area (TPSA) is 15.3 Å². The third-order valence-corrected chi connectivity index (χ3v) is 4.83. The van der Waals surface area contributed by atoms with E-state index in [1.807, 2.05) is 0 Å². The normalized spacial score (nSPS) is 35.3. The smallest absolute Gasteiger partial charge is 0.00224 e. The molecular weight excluding hydrogens is 208 g/mol. The van der Waals surface area contributed by atoms with E-state index < -0.39 is 0 Å². The zero-order valence-corrected chi connectivity index (χ0v) is 11.8. The van der Waals surface area contributed by atoms with E-state index in [-0.39, 0.29) is 0 Å². The Morgan fingerprint density at radius 1 is 1.18 bits per heavy atom. The molecule has 2 fully saturated rings. The Morgan fingerprint density at radius 3 is 2.76 bits per heavy atom. The van der Waals surface area contributed by atoms with Gasteiger partial charge in [0.1, 0.15) is 0 Å². The summed E-state index contributed by atoms with van der Waals surface area (Å²) < 4.78 is 0. The van der Waals surface area contributed by atoms with Crippen LogP contribution in [0.1, 0.15) is 46.0 Å². The van der Waals surface area contributed by atoms with Crippen LogP contribution in [0.2, 0.25) is 0 Å². The molecule has 17 heavy (non-hydrogen) atoms. The summed E-state index contributed by atoms with van der Waals surface area (Å²) >= 11 is 0.